The molecular weight excluding hydrogens is 278 g/mol. The molecule has 1 N–H and O–H groups in total. The fourth-order valence-corrected chi connectivity index (χ4v) is 2.76. The fourth-order valence-electron chi connectivity index (χ4n) is 2.76. The number of piperazine rings is 1. The SMILES string of the molecule is CCN(CC)C(=O)c1ccc(C(=O)N2CCNCC2C)cc1. The zero-order valence-corrected chi connectivity index (χ0v) is 13.6. The molecule has 2 rings (SSSR count). The Morgan fingerprint density at radius 3 is 2.32 bits per heavy atom. The summed E-state index contributed by atoms with van der Waals surface area (Å²) in [5.74, 6) is 0.0513. The van der Waals surface area contributed by atoms with Crippen LogP contribution in [0.3, 0.4) is 0 Å². The van der Waals surface area contributed by atoms with Gasteiger partial charge in [0.15, 0.2) is 0 Å². The Hall–Kier alpha value is -1.88. The lowest BCUT2D eigenvalue weighted by Crippen LogP contribution is -2.52. The van der Waals surface area contributed by atoms with Crippen LogP contribution >= 0.6 is 0 Å². The maximum atomic E-state index is 12.5. The van der Waals surface area contributed by atoms with Gasteiger partial charge in [0.1, 0.15) is 0 Å². The minimum absolute atomic E-state index is 0.0135. The van der Waals surface area contributed by atoms with E-state index in [1.807, 2.05) is 25.7 Å². The zero-order valence-electron chi connectivity index (χ0n) is 13.6. The fraction of sp³-hybridized carbons (Fsp3) is 0.529. The lowest BCUT2D eigenvalue weighted by molar-refractivity contribution is 0.0654. The van der Waals surface area contributed by atoms with Crippen LogP contribution in [0, 0.1) is 0 Å². The summed E-state index contributed by atoms with van der Waals surface area (Å²) in [5.41, 5.74) is 1.28. The van der Waals surface area contributed by atoms with Crippen LogP contribution in [0.2, 0.25) is 0 Å². The van der Waals surface area contributed by atoms with Crippen molar-refractivity contribution in [2.24, 2.45) is 0 Å². The molecule has 1 aromatic carbocycles. The van der Waals surface area contributed by atoms with Gasteiger partial charge in [-0.2, -0.15) is 0 Å². The Morgan fingerprint density at radius 2 is 1.77 bits per heavy atom. The molecule has 1 heterocycles. The predicted octanol–water partition coefficient (Wildman–Crippen LogP) is 1.60. The van der Waals surface area contributed by atoms with Crippen molar-refractivity contribution in [3.63, 3.8) is 0 Å². The number of amides is 2. The maximum Gasteiger partial charge on any atom is 0.254 e. The summed E-state index contributed by atoms with van der Waals surface area (Å²) in [7, 11) is 0. The molecule has 1 aliphatic rings. The van der Waals surface area contributed by atoms with E-state index >= 15 is 0 Å². The van der Waals surface area contributed by atoms with Gasteiger partial charge in [-0.05, 0) is 45.0 Å². The van der Waals surface area contributed by atoms with Crippen molar-refractivity contribution < 1.29 is 9.59 Å². The highest BCUT2D eigenvalue weighted by atomic mass is 16.2. The highest BCUT2D eigenvalue weighted by Crippen LogP contribution is 2.13. The van der Waals surface area contributed by atoms with Crippen LogP contribution < -0.4 is 5.32 Å². The zero-order chi connectivity index (χ0) is 16.1. The van der Waals surface area contributed by atoms with Gasteiger partial charge in [-0.1, -0.05) is 0 Å². The Bertz CT molecular complexity index is 523. The molecule has 1 aliphatic heterocycles. The number of carbonyl (C=O) groups is 2. The second-order valence-electron chi connectivity index (χ2n) is 5.61. The van der Waals surface area contributed by atoms with Gasteiger partial charge in [-0.15, -0.1) is 0 Å². The molecule has 1 unspecified atom stereocenters. The van der Waals surface area contributed by atoms with Crippen LogP contribution in [0.5, 0.6) is 0 Å². The van der Waals surface area contributed by atoms with Crippen LogP contribution in [0.25, 0.3) is 0 Å². The first kappa shape index (κ1) is 16.5. The monoisotopic (exact) mass is 303 g/mol. The van der Waals surface area contributed by atoms with Crippen LogP contribution in [-0.2, 0) is 0 Å². The van der Waals surface area contributed by atoms with Crippen molar-refractivity contribution in [1.29, 1.82) is 0 Å². The van der Waals surface area contributed by atoms with E-state index in [0.717, 1.165) is 19.6 Å². The topological polar surface area (TPSA) is 52.7 Å². The van der Waals surface area contributed by atoms with E-state index in [-0.39, 0.29) is 17.9 Å². The van der Waals surface area contributed by atoms with E-state index in [0.29, 0.717) is 24.2 Å². The number of rotatable bonds is 4. The molecule has 0 aromatic heterocycles. The van der Waals surface area contributed by atoms with E-state index in [9.17, 15) is 9.59 Å². The Morgan fingerprint density at radius 1 is 1.18 bits per heavy atom. The molecule has 120 valence electrons. The van der Waals surface area contributed by atoms with Crippen LogP contribution in [0.4, 0.5) is 0 Å². The van der Waals surface area contributed by atoms with Crippen LogP contribution in [0.15, 0.2) is 24.3 Å². The van der Waals surface area contributed by atoms with Crippen molar-refractivity contribution in [3.8, 4) is 0 Å². The van der Waals surface area contributed by atoms with Crippen molar-refractivity contribution in [3.05, 3.63) is 35.4 Å². The highest BCUT2D eigenvalue weighted by molar-refractivity contribution is 5.98. The molecular formula is C17H25N3O2. The molecule has 2 amide bonds. The Kier molecular flexibility index (Phi) is 5.55. The Labute approximate surface area is 132 Å². The number of nitrogens with one attached hydrogen (secondary N) is 1. The lowest BCUT2D eigenvalue weighted by Gasteiger charge is -2.34. The molecule has 1 saturated heterocycles. The number of benzene rings is 1. The average Bonchev–Trinajstić information content (AvgIpc) is 2.56. The summed E-state index contributed by atoms with van der Waals surface area (Å²) in [5, 5.41) is 3.28. The molecule has 1 atom stereocenters. The van der Waals surface area contributed by atoms with Gasteiger partial charge in [0.2, 0.25) is 0 Å². The lowest BCUT2D eigenvalue weighted by atomic mass is 10.1. The quantitative estimate of drug-likeness (QED) is 0.919. The summed E-state index contributed by atoms with van der Waals surface area (Å²) >= 11 is 0. The van der Waals surface area contributed by atoms with Gasteiger partial charge in [-0.3, -0.25) is 9.59 Å². The molecule has 0 bridgehead atoms. The molecule has 0 aliphatic carbocycles. The van der Waals surface area contributed by atoms with E-state index in [1.54, 1.807) is 29.2 Å². The number of nitrogens with zero attached hydrogens (tertiary/aromatic N) is 2. The van der Waals surface area contributed by atoms with Crippen molar-refractivity contribution in [2.45, 2.75) is 26.8 Å². The minimum atomic E-state index is 0.0135. The molecule has 0 spiro atoms. The first-order valence-corrected chi connectivity index (χ1v) is 7.99. The van der Waals surface area contributed by atoms with Gasteiger partial charge in [-0.25, -0.2) is 0 Å². The van der Waals surface area contributed by atoms with Gasteiger partial charge in [0, 0.05) is 49.9 Å². The third-order valence-electron chi connectivity index (χ3n) is 4.19. The summed E-state index contributed by atoms with van der Waals surface area (Å²) in [6.07, 6.45) is 0. The normalized spacial score (nSPS) is 18.1. The molecule has 1 fully saturated rings. The maximum absolute atomic E-state index is 12.5. The van der Waals surface area contributed by atoms with E-state index in [2.05, 4.69) is 5.32 Å². The van der Waals surface area contributed by atoms with Crippen molar-refractivity contribution in [1.82, 2.24) is 15.1 Å². The predicted molar refractivity (Wildman–Crippen MR) is 87.1 cm³/mol. The van der Waals surface area contributed by atoms with Gasteiger partial charge < -0.3 is 15.1 Å². The summed E-state index contributed by atoms with van der Waals surface area (Å²) < 4.78 is 0. The molecule has 1 aromatic rings. The molecule has 5 nitrogen and oxygen atoms in total. The van der Waals surface area contributed by atoms with Crippen molar-refractivity contribution in [2.75, 3.05) is 32.7 Å². The standard InChI is InChI=1S/C17H25N3O2/c1-4-19(5-2)16(21)14-6-8-15(9-7-14)17(22)20-11-10-18-12-13(20)3/h6-9,13,18H,4-5,10-12H2,1-3H3. The number of hydrogen-bond acceptors (Lipinski definition) is 3. The third kappa shape index (κ3) is 3.47. The van der Waals surface area contributed by atoms with Crippen molar-refractivity contribution >= 4 is 11.8 Å². The van der Waals surface area contributed by atoms with Crippen LogP contribution in [0.1, 0.15) is 41.5 Å². The van der Waals surface area contributed by atoms with E-state index < -0.39 is 0 Å². The number of hydrogen-bond donors (Lipinski definition) is 1. The summed E-state index contributed by atoms with van der Waals surface area (Å²) in [6, 6.07) is 7.21. The molecule has 0 saturated carbocycles. The molecule has 22 heavy (non-hydrogen) atoms. The van der Waals surface area contributed by atoms with E-state index in [1.165, 1.54) is 0 Å². The van der Waals surface area contributed by atoms with Crippen LogP contribution in [-0.4, -0.2) is 60.4 Å². The second-order valence-corrected chi connectivity index (χ2v) is 5.61. The highest BCUT2D eigenvalue weighted by Gasteiger charge is 2.24. The summed E-state index contributed by atoms with van der Waals surface area (Å²) in [6.45, 7) is 9.72. The second kappa shape index (κ2) is 7.40. The summed E-state index contributed by atoms with van der Waals surface area (Å²) in [4.78, 5) is 28.5. The minimum Gasteiger partial charge on any atom is -0.339 e. The smallest absolute Gasteiger partial charge is 0.254 e. The first-order chi connectivity index (χ1) is 10.6. The largest absolute Gasteiger partial charge is 0.339 e. The van der Waals surface area contributed by atoms with Gasteiger partial charge >= 0.3 is 0 Å². The van der Waals surface area contributed by atoms with Gasteiger partial charge in [0.25, 0.3) is 11.8 Å². The van der Waals surface area contributed by atoms with Gasteiger partial charge in [0.05, 0.1) is 0 Å². The van der Waals surface area contributed by atoms with E-state index in [4.69, 9.17) is 0 Å². The first-order valence-electron chi connectivity index (χ1n) is 7.99. The third-order valence-corrected chi connectivity index (χ3v) is 4.19. The molecule has 5 heteroatoms. The average molecular weight is 303 g/mol. The molecule has 0 radical (unpaired) electrons. The Balaban J connectivity index is 2.11. The number of carbonyl (C=O) groups excluding carboxylic acids is 2.